The van der Waals surface area contributed by atoms with Gasteiger partial charge in [0.1, 0.15) is 11.6 Å². The van der Waals surface area contributed by atoms with Crippen LogP contribution in [0.3, 0.4) is 0 Å². The lowest BCUT2D eigenvalue weighted by Gasteiger charge is -2.10. The van der Waals surface area contributed by atoms with Gasteiger partial charge < -0.3 is 4.57 Å². The van der Waals surface area contributed by atoms with Gasteiger partial charge in [0.25, 0.3) is 5.56 Å². The molecular weight excluding hydrogens is 358 g/mol. The van der Waals surface area contributed by atoms with Gasteiger partial charge in [-0.2, -0.15) is 0 Å². The van der Waals surface area contributed by atoms with Crippen LogP contribution in [0.4, 0.5) is 0 Å². The predicted octanol–water partition coefficient (Wildman–Crippen LogP) is 3.17. The molecule has 136 valence electrons. The molecule has 4 aromatic rings. The largest absolute Gasteiger partial charge is 0.302 e. The minimum atomic E-state index is -0.0295. The van der Waals surface area contributed by atoms with Gasteiger partial charge in [0.05, 0.1) is 23.2 Å². The van der Waals surface area contributed by atoms with Crippen molar-refractivity contribution in [1.29, 1.82) is 0 Å². The third-order valence-corrected chi connectivity index (χ3v) is 5.45. The van der Waals surface area contributed by atoms with Crippen molar-refractivity contribution >= 4 is 22.7 Å². The Kier molecular flexibility index (Phi) is 4.77. The van der Waals surface area contributed by atoms with E-state index in [0.717, 1.165) is 22.3 Å². The molecule has 7 heteroatoms. The molecule has 4 rings (SSSR count). The van der Waals surface area contributed by atoms with Crippen LogP contribution in [0.1, 0.15) is 17.2 Å². The molecule has 0 atom stereocenters. The fourth-order valence-corrected chi connectivity index (χ4v) is 3.91. The molecule has 0 spiro atoms. The number of benzene rings is 2. The number of hydrogen-bond acceptors (Lipinski definition) is 5. The van der Waals surface area contributed by atoms with Gasteiger partial charge in [-0.25, -0.2) is 4.98 Å². The highest BCUT2D eigenvalue weighted by atomic mass is 32.2. The van der Waals surface area contributed by atoms with E-state index in [-0.39, 0.29) is 5.56 Å². The highest BCUT2D eigenvalue weighted by Gasteiger charge is 2.13. The minimum absolute atomic E-state index is 0.0295. The van der Waals surface area contributed by atoms with E-state index in [0.29, 0.717) is 17.7 Å². The molecule has 2 aromatic heterocycles. The topological polar surface area (TPSA) is 65.6 Å². The molecule has 0 N–H and O–H groups in total. The minimum Gasteiger partial charge on any atom is -0.302 e. The van der Waals surface area contributed by atoms with Gasteiger partial charge in [-0.15, -0.1) is 10.2 Å². The summed E-state index contributed by atoms with van der Waals surface area (Å²) in [6.07, 6.45) is 0. The summed E-state index contributed by atoms with van der Waals surface area (Å²) in [5.74, 6) is 2.13. The normalized spacial score (nSPS) is 11.2. The first-order valence-corrected chi connectivity index (χ1v) is 9.63. The Morgan fingerprint density at radius 1 is 1.00 bits per heavy atom. The maximum absolute atomic E-state index is 12.6. The molecule has 0 amide bonds. The maximum Gasteiger partial charge on any atom is 0.261 e. The highest BCUT2D eigenvalue weighted by Crippen LogP contribution is 2.22. The van der Waals surface area contributed by atoms with Crippen molar-refractivity contribution in [1.82, 2.24) is 24.3 Å². The molecule has 0 aliphatic carbocycles. The summed E-state index contributed by atoms with van der Waals surface area (Å²) in [7, 11) is 1.76. The lowest BCUT2D eigenvalue weighted by atomic mass is 10.2. The van der Waals surface area contributed by atoms with E-state index in [1.54, 1.807) is 17.7 Å². The van der Waals surface area contributed by atoms with Crippen LogP contribution >= 0.6 is 11.8 Å². The van der Waals surface area contributed by atoms with Crippen LogP contribution in [0.2, 0.25) is 0 Å². The molecule has 0 unspecified atom stereocenters. The number of para-hydroxylation sites is 1. The number of fused-ring (bicyclic) bond motifs is 1. The third kappa shape index (κ3) is 3.50. The van der Waals surface area contributed by atoms with Crippen LogP contribution in [-0.2, 0) is 19.3 Å². The van der Waals surface area contributed by atoms with Gasteiger partial charge in [0.2, 0.25) is 0 Å². The zero-order valence-electron chi connectivity index (χ0n) is 15.2. The molecule has 0 saturated carbocycles. The second-order valence-electron chi connectivity index (χ2n) is 6.30. The van der Waals surface area contributed by atoms with Gasteiger partial charge in [-0.05, 0) is 24.6 Å². The SMILES string of the molecule is Cc1nnc(SCc2nc3ccccc3c(=O)n2C)n1Cc1ccccc1. The van der Waals surface area contributed by atoms with Crippen LogP contribution in [0.15, 0.2) is 64.5 Å². The Labute approximate surface area is 160 Å². The summed E-state index contributed by atoms with van der Waals surface area (Å²) in [4.78, 5) is 17.2. The molecular formula is C20H19N5OS. The summed E-state index contributed by atoms with van der Waals surface area (Å²) in [5, 5.41) is 9.97. The first-order valence-electron chi connectivity index (χ1n) is 8.64. The molecule has 0 aliphatic rings. The van der Waals surface area contributed by atoms with Crippen molar-refractivity contribution in [3.8, 4) is 0 Å². The lowest BCUT2D eigenvalue weighted by Crippen LogP contribution is -2.22. The van der Waals surface area contributed by atoms with E-state index in [4.69, 9.17) is 0 Å². The molecule has 0 aliphatic heterocycles. The monoisotopic (exact) mass is 377 g/mol. The standard InChI is InChI=1S/C20H19N5OS/c1-14-22-23-20(25(14)12-15-8-4-3-5-9-15)27-13-18-21-17-11-7-6-10-16(17)19(26)24(18)2/h3-11H,12-13H2,1-2H3. The number of thioether (sulfide) groups is 1. The molecule has 27 heavy (non-hydrogen) atoms. The van der Waals surface area contributed by atoms with E-state index in [1.807, 2.05) is 43.3 Å². The maximum atomic E-state index is 12.6. The molecule has 2 aromatic carbocycles. The van der Waals surface area contributed by atoms with Crippen molar-refractivity contribution in [3.05, 3.63) is 82.2 Å². The number of aromatic nitrogens is 5. The fraction of sp³-hybridized carbons (Fsp3) is 0.200. The molecule has 0 bridgehead atoms. The van der Waals surface area contributed by atoms with Crippen molar-refractivity contribution in [2.45, 2.75) is 24.4 Å². The first kappa shape index (κ1) is 17.5. The summed E-state index contributed by atoms with van der Waals surface area (Å²) < 4.78 is 3.69. The first-order chi connectivity index (χ1) is 13.1. The molecule has 0 radical (unpaired) electrons. The Morgan fingerprint density at radius 2 is 1.74 bits per heavy atom. The van der Waals surface area contributed by atoms with Crippen LogP contribution in [0, 0.1) is 6.92 Å². The lowest BCUT2D eigenvalue weighted by molar-refractivity contribution is 0.687. The quantitative estimate of drug-likeness (QED) is 0.500. The van der Waals surface area contributed by atoms with Crippen molar-refractivity contribution in [2.24, 2.45) is 7.05 Å². The molecule has 0 saturated heterocycles. The number of rotatable bonds is 5. The molecule has 6 nitrogen and oxygen atoms in total. The van der Waals surface area contributed by atoms with Crippen LogP contribution < -0.4 is 5.56 Å². The molecule has 0 fully saturated rings. The van der Waals surface area contributed by atoms with Crippen LogP contribution in [0.5, 0.6) is 0 Å². The average Bonchev–Trinajstić information content (AvgIpc) is 3.04. The van der Waals surface area contributed by atoms with E-state index in [2.05, 4.69) is 31.9 Å². The van der Waals surface area contributed by atoms with Gasteiger partial charge in [0, 0.05) is 7.05 Å². The van der Waals surface area contributed by atoms with Crippen molar-refractivity contribution in [2.75, 3.05) is 0 Å². The van der Waals surface area contributed by atoms with Crippen LogP contribution in [0.25, 0.3) is 10.9 Å². The van der Waals surface area contributed by atoms with E-state index >= 15 is 0 Å². The number of aryl methyl sites for hydroxylation is 1. The Bertz CT molecular complexity index is 1150. The Balaban J connectivity index is 1.61. The molecule has 2 heterocycles. The van der Waals surface area contributed by atoms with Gasteiger partial charge in [0.15, 0.2) is 5.16 Å². The fourth-order valence-electron chi connectivity index (χ4n) is 2.94. The smallest absolute Gasteiger partial charge is 0.261 e. The van der Waals surface area contributed by atoms with Crippen LogP contribution in [-0.4, -0.2) is 24.3 Å². The summed E-state index contributed by atoms with van der Waals surface area (Å²) >= 11 is 1.54. The highest BCUT2D eigenvalue weighted by molar-refractivity contribution is 7.98. The van der Waals surface area contributed by atoms with Crippen molar-refractivity contribution in [3.63, 3.8) is 0 Å². The van der Waals surface area contributed by atoms with E-state index in [1.165, 1.54) is 17.3 Å². The summed E-state index contributed by atoms with van der Waals surface area (Å²) in [6.45, 7) is 2.66. The van der Waals surface area contributed by atoms with Gasteiger partial charge >= 0.3 is 0 Å². The number of nitrogens with zero attached hydrogens (tertiary/aromatic N) is 5. The Hall–Kier alpha value is -2.93. The second kappa shape index (κ2) is 7.36. The third-order valence-electron chi connectivity index (χ3n) is 4.49. The van der Waals surface area contributed by atoms with Gasteiger partial charge in [-0.3, -0.25) is 9.36 Å². The Morgan fingerprint density at radius 3 is 2.56 bits per heavy atom. The zero-order chi connectivity index (χ0) is 18.8. The second-order valence-corrected chi connectivity index (χ2v) is 7.24. The van der Waals surface area contributed by atoms with Crippen molar-refractivity contribution < 1.29 is 0 Å². The summed E-state index contributed by atoms with van der Waals surface area (Å²) in [5.41, 5.74) is 1.88. The zero-order valence-corrected chi connectivity index (χ0v) is 16.0. The van der Waals surface area contributed by atoms with Gasteiger partial charge in [-0.1, -0.05) is 54.2 Å². The average molecular weight is 377 g/mol. The number of hydrogen-bond donors (Lipinski definition) is 0. The summed E-state index contributed by atoms with van der Waals surface area (Å²) in [6, 6.07) is 17.6. The predicted molar refractivity (Wildman–Crippen MR) is 107 cm³/mol. The van der Waals surface area contributed by atoms with E-state index in [9.17, 15) is 4.79 Å². The van der Waals surface area contributed by atoms with E-state index < -0.39 is 0 Å².